The van der Waals surface area contributed by atoms with Crippen molar-refractivity contribution in [3.63, 3.8) is 0 Å². The van der Waals surface area contributed by atoms with Crippen LogP contribution in [-0.4, -0.2) is 28.9 Å². The van der Waals surface area contributed by atoms with Crippen molar-refractivity contribution in [2.75, 3.05) is 11.4 Å². The largest absolute Gasteiger partial charge is 0.374 e. The molecule has 0 radical (unpaired) electrons. The summed E-state index contributed by atoms with van der Waals surface area (Å²) in [6.45, 7) is 2.50. The van der Waals surface area contributed by atoms with Crippen LogP contribution in [0.4, 0.5) is 11.4 Å². The van der Waals surface area contributed by atoms with Crippen LogP contribution in [0.5, 0.6) is 0 Å². The van der Waals surface area contributed by atoms with Crippen molar-refractivity contribution in [3.05, 3.63) is 71.8 Å². The zero-order valence-corrected chi connectivity index (χ0v) is 14.4. The lowest BCUT2D eigenvalue weighted by atomic mass is 9.87. The Hall–Kier alpha value is -2.98. The summed E-state index contributed by atoms with van der Waals surface area (Å²) in [5, 5.41) is 13.4. The fourth-order valence-corrected chi connectivity index (χ4v) is 3.94. The van der Waals surface area contributed by atoms with Gasteiger partial charge in [0.25, 0.3) is 0 Å². The highest BCUT2D eigenvalue weighted by Crippen LogP contribution is 2.40. The zero-order chi connectivity index (χ0) is 17.9. The highest BCUT2D eigenvalue weighted by atomic mass is 16.3. The van der Waals surface area contributed by atoms with E-state index < -0.39 is 5.60 Å². The topological polar surface area (TPSA) is 52.9 Å². The van der Waals surface area contributed by atoms with E-state index in [1.165, 1.54) is 0 Å². The molecule has 0 spiro atoms. The molecule has 0 aromatic heterocycles. The summed E-state index contributed by atoms with van der Waals surface area (Å²) in [4.78, 5) is 19.6. The summed E-state index contributed by atoms with van der Waals surface area (Å²) in [6.07, 6.45) is 0.352. The number of aliphatic hydroxyl groups is 1. The first-order valence-corrected chi connectivity index (χ1v) is 8.80. The van der Waals surface area contributed by atoms with Crippen LogP contribution in [0, 0.1) is 6.92 Å². The second-order valence-electron chi connectivity index (χ2n) is 7.08. The highest BCUT2D eigenvalue weighted by Gasteiger charge is 2.52. The van der Waals surface area contributed by atoms with Crippen molar-refractivity contribution in [3.8, 4) is 0 Å². The van der Waals surface area contributed by atoms with E-state index in [4.69, 9.17) is 0 Å². The summed E-state index contributed by atoms with van der Waals surface area (Å²) in [7, 11) is 0. The monoisotopic (exact) mass is 342 g/mol. The number of Topliss-reactive ketones (excluding diaryl/α,β-unsaturated/α-hetero) is 1. The number of hydrogen-bond acceptors (Lipinski definition) is 4. The average Bonchev–Trinajstić information content (AvgIpc) is 3.00. The molecule has 3 aromatic carbocycles. The molecule has 3 aromatic rings. The minimum atomic E-state index is -1.54. The number of benzene rings is 3. The van der Waals surface area contributed by atoms with Crippen molar-refractivity contribution < 1.29 is 9.90 Å². The van der Waals surface area contributed by atoms with Crippen molar-refractivity contribution in [1.82, 2.24) is 0 Å². The third-order valence-corrected chi connectivity index (χ3v) is 5.37. The van der Waals surface area contributed by atoms with Crippen LogP contribution in [0.1, 0.15) is 22.3 Å². The van der Waals surface area contributed by atoms with Crippen LogP contribution < -0.4 is 4.90 Å². The molecule has 2 aliphatic heterocycles. The molecule has 1 N–H and O–H groups in total. The SMILES string of the molecule is Cc1ccc2c(c1)C(=O)[C@]1(O)CCN(c3ccc4ccccc4c3)C1=N2. The van der Waals surface area contributed by atoms with E-state index in [0.717, 1.165) is 22.0 Å². The molecule has 4 nitrogen and oxygen atoms in total. The molecule has 0 amide bonds. The molecule has 0 bridgehead atoms. The number of amidine groups is 1. The number of aryl methyl sites for hydroxylation is 1. The van der Waals surface area contributed by atoms with E-state index in [9.17, 15) is 9.90 Å². The molecule has 128 valence electrons. The quantitative estimate of drug-likeness (QED) is 0.727. The third-order valence-electron chi connectivity index (χ3n) is 5.37. The number of anilines is 1. The number of ketones is 1. The van der Waals surface area contributed by atoms with E-state index in [1.807, 2.05) is 48.2 Å². The number of carbonyl (C=O) groups is 1. The normalized spacial score (nSPS) is 21.5. The Kier molecular flexibility index (Phi) is 3.09. The summed E-state index contributed by atoms with van der Waals surface area (Å²) in [5.41, 5.74) is 1.54. The Labute approximate surface area is 151 Å². The maximum absolute atomic E-state index is 13.0. The molecule has 26 heavy (non-hydrogen) atoms. The first kappa shape index (κ1) is 15.3. The Morgan fingerprint density at radius 2 is 1.85 bits per heavy atom. The number of fused-ring (bicyclic) bond motifs is 3. The van der Waals surface area contributed by atoms with Crippen LogP contribution in [-0.2, 0) is 0 Å². The Morgan fingerprint density at radius 3 is 2.69 bits per heavy atom. The van der Waals surface area contributed by atoms with Gasteiger partial charge in [0.1, 0.15) is 5.84 Å². The predicted molar refractivity (Wildman–Crippen MR) is 103 cm³/mol. The molecule has 4 heteroatoms. The Balaban J connectivity index is 1.66. The van der Waals surface area contributed by atoms with Gasteiger partial charge in [-0.05, 0) is 42.0 Å². The van der Waals surface area contributed by atoms with E-state index in [0.29, 0.717) is 30.1 Å². The molecular weight excluding hydrogens is 324 g/mol. The fraction of sp³-hybridized carbons (Fsp3) is 0.182. The van der Waals surface area contributed by atoms with Gasteiger partial charge in [0, 0.05) is 24.2 Å². The standard InChI is InChI=1S/C22H18N2O2/c1-14-6-9-19-18(12-14)20(25)22(26)10-11-24(21(22)23-19)17-8-7-15-4-2-3-5-16(15)13-17/h2-9,12-13,26H,10-11H2,1H3/t22-/m1/s1. The number of hydrogen-bond donors (Lipinski definition) is 1. The smallest absolute Gasteiger partial charge is 0.204 e. The van der Waals surface area contributed by atoms with Gasteiger partial charge < -0.3 is 10.0 Å². The van der Waals surface area contributed by atoms with Crippen molar-refractivity contribution >= 4 is 33.8 Å². The lowest BCUT2D eigenvalue weighted by molar-refractivity contribution is 0.0602. The van der Waals surface area contributed by atoms with Gasteiger partial charge in [0.15, 0.2) is 5.60 Å². The van der Waals surface area contributed by atoms with Crippen LogP contribution in [0.2, 0.25) is 0 Å². The Bertz CT molecular complexity index is 1100. The van der Waals surface area contributed by atoms with Gasteiger partial charge in [-0.2, -0.15) is 0 Å². The van der Waals surface area contributed by atoms with Crippen LogP contribution >= 0.6 is 0 Å². The summed E-state index contributed by atoms with van der Waals surface area (Å²) in [6, 6.07) is 19.9. The minimum absolute atomic E-state index is 0.246. The van der Waals surface area contributed by atoms with Gasteiger partial charge in [-0.3, -0.25) is 4.79 Å². The molecule has 2 heterocycles. The van der Waals surface area contributed by atoms with Crippen LogP contribution in [0.15, 0.2) is 65.7 Å². The van der Waals surface area contributed by atoms with Gasteiger partial charge in [-0.1, -0.05) is 42.0 Å². The Morgan fingerprint density at radius 1 is 1.04 bits per heavy atom. The number of rotatable bonds is 1. The summed E-state index contributed by atoms with van der Waals surface area (Å²) >= 11 is 0. The molecule has 0 unspecified atom stereocenters. The minimum Gasteiger partial charge on any atom is -0.374 e. The maximum atomic E-state index is 13.0. The number of aliphatic imine (C=N–C) groups is 1. The average molecular weight is 342 g/mol. The van der Waals surface area contributed by atoms with E-state index >= 15 is 0 Å². The molecule has 5 rings (SSSR count). The predicted octanol–water partition coefficient (Wildman–Crippen LogP) is 4.02. The van der Waals surface area contributed by atoms with Crippen molar-refractivity contribution in [1.29, 1.82) is 0 Å². The zero-order valence-electron chi connectivity index (χ0n) is 14.4. The fourth-order valence-electron chi connectivity index (χ4n) is 3.94. The highest BCUT2D eigenvalue weighted by molar-refractivity contribution is 6.28. The first-order chi connectivity index (χ1) is 12.6. The van der Waals surface area contributed by atoms with Crippen molar-refractivity contribution in [2.45, 2.75) is 18.9 Å². The van der Waals surface area contributed by atoms with E-state index in [1.54, 1.807) is 0 Å². The van der Waals surface area contributed by atoms with E-state index in [2.05, 4.69) is 29.3 Å². The van der Waals surface area contributed by atoms with Gasteiger partial charge in [-0.15, -0.1) is 0 Å². The van der Waals surface area contributed by atoms with Gasteiger partial charge in [0.05, 0.1) is 5.69 Å². The third kappa shape index (κ3) is 2.06. The van der Waals surface area contributed by atoms with Crippen molar-refractivity contribution in [2.24, 2.45) is 4.99 Å². The molecular formula is C22H18N2O2. The second kappa shape index (κ2) is 5.26. The van der Waals surface area contributed by atoms with Crippen LogP contribution in [0.25, 0.3) is 10.8 Å². The van der Waals surface area contributed by atoms with Gasteiger partial charge in [0.2, 0.25) is 5.78 Å². The summed E-state index contributed by atoms with van der Waals surface area (Å²) in [5.74, 6) is 0.193. The lowest BCUT2D eigenvalue weighted by Gasteiger charge is -2.30. The molecule has 1 fully saturated rings. The van der Waals surface area contributed by atoms with E-state index in [-0.39, 0.29) is 5.78 Å². The first-order valence-electron chi connectivity index (χ1n) is 8.80. The van der Waals surface area contributed by atoms with Crippen LogP contribution in [0.3, 0.4) is 0 Å². The number of nitrogens with zero attached hydrogens (tertiary/aromatic N) is 2. The molecule has 1 saturated heterocycles. The summed E-state index contributed by atoms with van der Waals surface area (Å²) < 4.78 is 0. The lowest BCUT2D eigenvalue weighted by Crippen LogP contribution is -2.48. The second-order valence-corrected chi connectivity index (χ2v) is 7.08. The van der Waals surface area contributed by atoms with Gasteiger partial charge in [-0.25, -0.2) is 4.99 Å². The molecule has 2 aliphatic rings. The number of carbonyl (C=O) groups excluding carboxylic acids is 1. The molecule has 1 atom stereocenters. The van der Waals surface area contributed by atoms with Gasteiger partial charge >= 0.3 is 0 Å². The maximum Gasteiger partial charge on any atom is 0.204 e. The molecule has 0 saturated carbocycles. The molecule has 0 aliphatic carbocycles.